The lowest BCUT2D eigenvalue weighted by Crippen LogP contribution is -2.53. The number of anilines is 1. The van der Waals surface area contributed by atoms with Gasteiger partial charge in [0.05, 0.1) is 5.69 Å². The Hall–Kier alpha value is -2.89. The van der Waals surface area contributed by atoms with Gasteiger partial charge < -0.3 is 15.1 Å². The topological polar surface area (TPSA) is 52.7 Å². The van der Waals surface area contributed by atoms with E-state index >= 15 is 0 Å². The summed E-state index contributed by atoms with van der Waals surface area (Å²) in [5, 5.41) is 3.05. The molecule has 0 spiro atoms. The molecule has 0 saturated carbocycles. The zero-order valence-corrected chi connectivity index (χ0v) is 18.2. The van der Waals surface area contributed by atoms with E-state index in [0.29, 0.717) is 44.0 Å². The van der Waals surface area contributed by atoms with E-state index in [4.69, 9.17) is 0 Å². The third-order valence-corrected chi connectivity index (χ3v) is 5.74. The van der Waals surface area contributed by atoms with E-state index in [1.165, 1.54) is 24.1 Å². The summed E-state index contributed by atoms with van der Waals surface area (Å²) >= 11 is 0. The molecule has 0 aliphatic carbocycles. The number of nitrogens with zero attached hydrogens (tertiary/aromatic N) is 2. The number of urea groups is 1. The van der Waals surface area contributed by atoms with Crippen LogP contribution in [0.5, 0.6) is 0 Å². The fourth-order valence-electron chi connectivity index (χ4n) is 3.71. The Kier molecular flexibility index (Phi) is 6.44. The standard InChI is InChI=1S/C24H30FN3O2/c1-17-6-5-7-20(14-17)24(3,4)16-26-23(30)28-12-10-27(11-13-28)22-9-8-19(18(2)29)15-21(22)25/h5-9,14-15H,10-13,16H2,1-4H3,(H,26,30). The highest BCUT2D eigenvalue weighted by atomic mass is 19.1. The quantitative estimate of drug-likeness (QED) is 0.752. The van der Waals surface area contributed by atoms with Crippen LogP contribution in [-0.2, 0) is 5.41 Å². The lowest BCUT2D eigenvalue weighted by Gasteiger charge is -2.37. The van der Waals surface area contributed by atoms with Gasteiger partial charge in [-0.15, -0.1) is 0 Å². The van der Waals surface area contributed by atoms with Gasteiger partial charge in [-0.3, -0.25) is 4.79 Å². The number of benzene rings is 2. The van der Waals surface area contributed by atoms with Gasteiger partial charge in [-0.05, 0) is 37.6 Å². The van der Waals surface area contributed by atoms with E-state index in [-0.39, 0.29) is 17.2 Å². The van der Waals surface area contributed by atoms with Gasteiger partial charge in [-0.25, -0.2) is 9.18 Å². The molecule has 2 amide bonds. The normalized spacial score (nSPS) is 14.6. The maximum atomic E-state index is 14.4. The van der Waals surface area contributed by atoms with Crippen molar-refractivity contribution >= 4 is 17.5 Å². The number of hydrogen-bond donors (Lipinski definition) is 1. The molecular formula is C24H30FN3O2. The van der Waals surface area contributed by atoms with Crippen LogP contribution in [0.15, 0.2) is 42.5 Å². The Bertz CT molecular complexity index is 934. The Labute approximate surface area is 177 Å². The molecule has 3 rings (SSSR count). The average Bonchev–Trinajstić information content (AvgIpc) is 2.72. The van der Waals surface area contributed by atoms with Gasteiger partial charge in [0.15, 0.2) is 5.78 Å². The Morgan fingerprint density at radius 1 is 1.07 bits per heavy atom. The molecular weight excluding hydrogens is 381 g/mol. The number of nitrogens with one attached hydrogen (secondary N) is 1. The largest absolute Gasteiger partial charge is 0.366 e. The first kappa shape index (κ1) is 21.8. The number of halogens is 1. The van der Waals surface area contributed by atoms with Gasteiger partial charge in [0.2, 0.25) is 0 Å². The summed E-state index contributed by atoms with van der Waals surface area (Å²) in [6.07, 6.45) is 0. The van der Waals surface area contributed by atoms with Crippen LogP contribution in [0.25, 0.3) is 0 Å². The molecule has 0 bridgehead atoms. The SMILES string of the molecule is CC(=O)c1ccc(N2CCN(C(=O)NCC(C)(C)c3cccc(C)c3)CC2)c(F)c1. The monoisotopic (exact) mass is 411 g/mol. The van der Waals surface area contributed by atoms with Gasteiger partial charge in [-0.1, -0.05) is 43.7 Å². The number of ketones is 1. The van der Waals surface area contributed by atoms with Crippen molar-refractivity contribution in [2.45, 2.75) is 33.1 Å². The van der Waals surface area contributed by atoms with Crippen molar-refractivity contribution in [2.75, 3.05) is 37.6 Å². The molecule has 2 aromatic carbocycles. The van der Waals surface area contributed by atoms with E-state index < -0.39 is 5.82 Å². The van der Waals surface area contributed by atoms with Crippen LogP contribution < -0.4 is 10.2 Å². The zero-order valence-electron chi connectivity index (χ0n) is 18.2. The van der Waals surface area contributed by atoms with E-state index in [2.05, 4.69) is 44.3 Å². The number of piperazine rings is 1. The highest BCUT2D eigenvalue weighted by Crippen LogP contribution is 2.24. The van der Waals surface area contributed by atoms with Gasteiger partial charge in [0, 0.05) is 43.7 Å². The Balaban J connectivity index is 1.55. The number of aryl methyl sites for hydroxylation is 1. The number of carbonyl (C=O) groups excluding carboxylic acids is 2. The van der Waals surface area contributed by atoms with Crippen molar-refractivity contribution in [1.29, 1.82) is 0 Å². The van der Waals surface area contributed by atoms with Crippen LogP contribution in [0, 0.1) is 12.7 Å². The van der Waals surface area contributed by atoms with Crippen LogP contribution in [0.4, 0.5) is 14.9 Å². The number of amides is 2. The number of rotatable bonds is 5. The minimum Gasteiger partial charge on any atom is -0.366 e. The first-order valence-electron chi connectivity index (χ1n) is 10.3. The average molecular weight is 412 g/mol. The maximum absolute atomic E-state index is 14.4. The lowest BCUT2D eigenvalue weighted by molar-refractivity contribution is 0.101. The van der Waals surface area contributed by atoms with Crippen molar-refractivity contribution in [3.63, 3.8) is 0 Å². The van der Waals surface area contributed by atoms with Crippen molar-refractivity contribution < 1.29 is 14.0 Å². The molecule has 2 aromatic rings. The number of hydrogen-bond acceptors (Lipinski definition) is 3. The molecule has 0 radical (unpaired) electrons. The van der Waals surface area contributed by atoms with Crippen LogP contribution in [0.2, 0.25) is 0 Å². The summed E-state index contributed by atoms with van der Waals surface area (Å²) < 4.78 is 14.4. The molecule has 30 heavy (non-hydrogen) atoms. The van der Waals surface area contributed by atoms with Crippen LogP contribution in [0.1, 0.15) is 42.3 Å². The summed E-state index contributed by atoms with van der Waals surface area (Å²) in [6.45, 7) is 10.4. The Morgan fingerprint density at radius 3 is 2.37 bits per heavy atom. The fourth-order valence-corrected chi connectivity index (χ4v) is 3.71. The van der Waals surface area contributed by atoms with E-state index in [9.17, 15) is 14.0 Å². The fraction of sp³-hybridized carbons (Fsp3) is 0.417. The third-order valence-electron chi connectivity index (χ3n) is 5.74. The van der Waals surface area contributed by atoms with Gasteiger partial charge in [0.1, 0.15) is 5.82 Å². The van der Waals surface area contributed by atoms with Gasteiger partial charge in [0.25, 0.3) is 0 Å². The van der Waals surface area contributed by atoms with E-state index in [1.54, 1.807) is 17.0 Å². The van der Waals surface area contributed by atoms with Crippen LogP contribution >= 0.6 is 0 Å². The molecule has 1 fully saturated rings. The van der Waals surface area contributed by atoms with Crippen molar-refractivity contribution in [3.05, 3.63) is 65.0 Å². The second-order valence-electron chi connectivity index (χ2n) is 8.61. The summed E-state index contributed by atoms with van der Waals surface area (Å²) in [7, 11) is 0. The molecule has 0 unspecified atom stereocenters. The second-order valence-corrected chi connectivity index (χ2v) is 8.61. The summed E-state index contributed by atoms with van der Waals surface area (Å²) in [5.74, 6) is -0.559. The summed E-state index contributed by atoms with van der Waals surface area (Å²) in [6, 6.07) is 12.8. The molecule has 6 heteroatoms. The molecule has 160 valence electrons. The molecule has 0 atom stereocenters. The van der Waals surface area contributed by atoms with Crippen molar-refractivity contribution in [2.24, 2.45) is 0 Å². The Morgan fingerprint density at radius 2 is 1.77 bits per heavy atom. The minimum atomic E-state index is -0.402. The predicted molar refractivity (Wildman–Crippen MR) is 118 cm³/mol. The molecule has 5 nitrogen and oxygen atoms in total. The third kappa shape index (κ3) is 4.99. The highest BCUT2D eigenvalue weighted by molar-refractivity contribution is 5.94. The molecule has 1 heterocycles. The van der Waals surface area contributed by atoms with Crippen molar-refractivity contribution in [1.82, 2.24) is 10.2 Å². The maximum Gasteiger partial charge on any atom is 0.317 e. The first-order chi connectivity index (χ1) is 14.2. The van der Waals surface area contributed by atoms with E-state index in [1.807, 2.05) is 11.0 Å². The zero-order chi connectivity index (χ0) is 21.9. The molecule has 0 aromatic heterocycles. The van der Waals surface area contributed by atoms with Gasteiger partial charge in [-0.2, -0.15) is 0 Å². The first-order valence-corrected chi connectivity index (χ1v) is 10.3. The summed E-state index contributed by atoms with van der Waals surface area (Å²) in [5.41, 5.74) is 3.06. The number of carbonyl (C=O) groups is 2. The van der Waals surface area contributed by atoms with Crippen molar-refractivity contribution in [3.8, 4) is 0 Å². The highest BCUT2D eigenvalue weighted by Gasteiger charge is 2.26. The number of Topliss-reactive ketones (excluding diaryl/α,β-unsaturated/α-hetero) is 1. The molecule has 1 N–H and O–H groups in total. The minimum absolute atomic E-state index is 0.0947. The lowest BCUT2D eigenvalue weighted by atomic mass is 9.84. The molecule has 1 aliphatic heterocycles. The molecule has 1 saturated heterocycles. The smallest absolute Gasteiger partial charge is 0.317 e. The van der Waals surface area contributed by atoms with Crippen LogP contribution in [-0.4, -0.2) is 49.4 Å². The second kappa shape index (κ2) is 8.86. The van der Waals surface area contributed by atoms with Crippen LogP contribution in [0.3, 0.4) is 0 Å². The summed E-state index contributed by atoms with van der Waals surface area (Å²) in [4.78, 5) is 27.8. The van der Waals surface area contributed by atoms with Gasteiger partial charge >= 0.3 is 6.03 Å². The molecule has 1 aliphatic rings. The predicted octanol–water partition coefficient (Wildman–Crippen LogP) is 4.15. The van der Waals surface area contributed by atoms with E-state index in [0.717, 1.165) is 0 Å².